The van der Waals surface area contributed by atoms with E-state index in [1.807, 2.05) is 24.3 Å². The molecule has 0 aliphatic carbocycles. The molecule has 2 aromatic rings. The van der Waals surface area contributed by atoms with Crippen LogP contribution in [0.15, 0.2) is 36.5 Å². The van der Waals surface area contributed by atoms with Crippen LogP contribution in [-0.2, 0) is 0 Å². The smallest absolute Gasteiger partial charge is 0.193 e. The highest BCUT2D eigenvalue weighted by Gasteiger charge is 2.06. The fraction of sp³-hybridized carbons (Fsp3) is 0.0833. The zero-order chi connectivity index (χ0) is 11.4. The molecule has 1 heterocycles. The van der Waals surface area contributed by atoms with Gasteiger partial charge < -0.3 is 4.74 Å². The molecule has 4 heteroatoms. The Morgan fingerprint density at radius 2 is 2.06 bits per heavy atom. The van der Waals surface area contributed by atoms with Crippen molar-refractivity contribution in [2.45, 2.75) is 0 Å². The lowest BCUT2D eigenvalue weighted by Gasteiger charge is -2.06. The Labute approximate surface area is 92.9 Å². The zero-order valence-corrected chi connectivity index (χ0v) is 8.75. The number of methoxy groups -OCH3 is 1. The van der Waals surface area contributed by atoms with Crippen molar-refractivity contribution < 1.29 is 9.53 Å². The van der Waals surface area contributed by atoms with Crippen molar-refractivity contribution in [3.8, 4) is 17.0 Å². The zero-order valence-electron chi connectivity index (χ0n) is 8.75. The monoisotopic (exact) mass is 214 g/mol. The predicted molar refractivity (Wildman–Crippen MR) is 59.4 cm³/mol. The Hall–Kier alpha value is -2.23. The van der Waals surface area contributed by atoms with E-state index in [1.54, 1.807) is 19.4 Å². The molecule has 80 valence electrons. The first kappa shape index (κ1) is 10.3. The average Bonchev–Trinajstić information content (AvgIpc) is 2.38. The standard InChI is InChI=1S/C12H10N2O2/c1-16-11-5-3-2-4-9(11)10-6-7-13-12(8-15)14-10/h2-8H,1H3. The van der Waals surface area contributed by atoms with Crippen molar-refractivity contribution in [3.63, 3.8) is 0 Å². The SMILES string of the molecule is COc1ccccc1-c1ccnc(C=O)n1. The lowest BCUT2D eigenvalue weighted by molar-refractivity contribution is 0.111. The number of benzene rings is 1. The summed E-state index contributed by atoms with van der Waals surface area (Å²) in [5.74, 6) is 0.890. The molecule has 0 fully saturated rings. The summed E-state index contributed by atoms with van der Waals surface area (Å²) < 4.78 is 5.22. The molecular weight excluding hydrogens is 204 g/mol. The van der Waals surface area contributed by atoms with Gasteiger partial charge in [-0.15, -0.1) is 0 Å². The number of nitrogens with zero attached hydrogens (tertiary/aromatic N) is 2. The van der Waals surface area contributed by atoms with Gasteiger partial charge in [0, 0.05) is 11.8 Å². The molecule has 0 amide bonds. The number of ether oxygens (including phenoxy) is 1. The van der Waals surface area contributed by atoms with Gasteiger partial charge in [0.2, 0.25) is 0 Å². The second kappa shape index (κ2) is 4.53. The van der Waals surface area contributed by atoms with E-state index in [4.69, 9.17) is 4.74 Å². The average molecular weight is 214 g/mol. The summed E-state index contributed by atoms with van der Waals surface area (Å²) in [5.41, 5.74) is 1.52. The summed E-state index contributed by atoms with van der Waals surface area (Å²) in [4.78, 5) is 18.5. The molecule has 0 unspecified atom stereocenters. The maximum absolute atomic E-state index is 10.6. The molecule has 0 saturated heterocycles. The van der Waals surface area contributed by atoms with Crippen LogP contribution in [0.25, 0.3) is 11.3 Å². The summed E-state index contributed by atoms with van der Waals surface area (Å²) in [6.45, 7) is 0. The van der Waals surface area contributed by atoms with Gasteiger partial charge in [0.05, 0.1) is 12.8 Å². The number of para-hydroxylation sites is 1. The molecule has 16 heavy (non-hydrogen) atoms. The molecule has 0 saturated carbocycles. The number of carbonyl (C=O) groups is 1. The van der Waals surface area contributed by atoms with Crippen molar-refractivity contribution >= 4 is 6.29 Å². The lowest BCUT2D eigenvalue weighted by Crippen LogP contribution is -1.95. The van der Waals surface area contributed by atoms with Gasteiger partial charge in [-0.1, -0.05) is 12.1 Å². The topological polar surface area (TPSA) is 52.1 Å². The highest BCUT2D eigenvalue weighted by Crippen LogP contribution is 2.27. The van der Waals surface area contributed by atoms with E-state index in [0.29, 0.717) is 12.0 Å². The third-order valence-corrected chi connectivity index (χ3v) is 2.16. The Morgan fingerprint density at radius 3 is 2.81 bits per heavy atom. The molecule has 0 aliphatic rings. The van der Waals surface area contributed by atoms with E-state index in [0.717, 1.165) is 11.3 Å². The van der Waals surface area contributed by atoms with Crippen LogP contribution in [0.5, 0.6) is 5.75 Å². The van der Waals surface area contributed by atoms with Crippen LogP contribution in [0, 0.1) is 0 Å². The van der Waals surface area contributed by atoms with Crippen molar-refractivity contribution in [1.29, 1.82) is 0 Å². The van der Waals surface area contributed by atoms with Crippen molar-refractivity contribution in [2.24, 2.45) is 0 Å². The van der Waals surface area contributed by atoms with Gasteiger partial charge in [-0.3, -0.25) is 4.79 Å². The Balaban J connectivity index is 2.53. The molecule has 0 atom stereocenters. The van der Waals surface area contributed by atoms with Gasteiger partial charge in [0.25, 0.3) is 0 Å². The first-order chi connectivity index (χ1) is 7.85. The second-order valence-electron chi connectivity index (χ2n) is 3.12. The van der Waals surface area contributed by atoms with E-state index in [-0.39, 0.29) is 5.82 Å². The number of rotatable bonds is 3. The Kier molecular flexibility index (Phi) is 2.91. The molecule has 0 radical (unpaired) electrons. The van der Waals surface area contributed by atoms with Crippen LogP contribution in [0.2, 0.25) is 0 Å². The quantitative estimate of drug-likeness (QED) is 0.733. The summed E-state index contributed by atoms with van der Waals surface area (Å²) >= 11 is 0. The summed E-state index contributed by atoms with van der Waals surface area (Å²) in [6, 6.07) is 9.24. The molecule has 2 rings (SSSR count). The van der Waals surface area contributed by atoms with Crippen LogP contribution in [0.1, 0.15) is 10.6 Å². The molecule has 4 nitrogen and oxygen atoms in total. The number of hydrogen-bond donors (Lipinski definition) is 0. The molecule has 1 aromatic carbocycles. The minimum absolute atomic E-state index is 0.170. The van der Waals surface area contributed by atoms with Gasteiger partial charge in [0.15, 0.2) is 12.1 Å². The molecule has 1 aromatic heterocycles. The van der Waals surface area contributed by atoms with Gasteiger partial charge in [-0.2, -0.15) is 0 Å². The molecule has 0 bridgehead atoms. The summed E-state index contributed by atoms with van der Waals surface area (Å²) in [7, 11) is 1.60. The molecule has 0 N–H and O–H groups in total. The van der Waals surface area contributed by atoms with Crippen LogP contribution in [0.4, 0.5) is 0 Å². The number of aromatic nitrogens is 2. The maximum Gasteiger partial charge on any atom is 0.193 e. The second-order valence-corrected chi connectivity index (χ2v) is 3.12. The van der Waals surface area contributed by atoms with Crippen LogP contribution in [-0.4, -0.2) is 23.4 Å². The predicted octanol–water partition coefficient (Wildman–Crippen LogP) is 1.96. The Morgan fingerprint density at radius 1 is 1.25 bits per heavy atom. The van der Waals surface area contributed by atoms with Crippen molar-refractivity contribution in [2.75, 3.05) is 7.11 Å². The molecule has 0 aliphatic heterocycles. The van der Waals surface area contributed by atoms with Crippen LogP contribution in [0.3, 0.4) is 0 Å². The van der Waals surface area contributed by atoms with Gasteiger partial charge >= 0.3 is 0 Å². The summed E-state index contributed by atoms with van der Waals surface area (Å²) in [6.07, 6.45) is 2.18. The van der Waals surface area contributed by atoms with Gasteiger partial charge in [0.1, 0.15) is 5.75 Å². The minimum atomic E-state index is 0.170. The number of aldehydes is 1. The van der Waals surface area contributed by atoms with E-state index < -0.39 is 0 Å². The van der Waals surface area contributed by atoms with E-state index in [2.05, 4.69) is 9.97 Å². The lowest BCUT2D eigenvalue weighted by atomic mass is 10.1. The number of carbonyl (C=O) groups excluding carboxylic acids is 1. The normalized spacial score (nSPS) is 9.81. The van der Waals surface area contributed by atoms with Crippen molar-refractivity contribution in [3.05, 3.63) is 42.4 Å². The first-order valence-electron chi connectivity index (χ1n) is 4.77. The van der Waals surface area contributed by atoms with Gasteiger partial charge in [-0.05, 0) is 18.2 Å². The fourth-order valence-corrected chi connectivity index (χ4v) is 1.44. The minimum Gasteiger partial charge on any atom is -0.496 e. The van der Waals surface area contributed by atoms with Crippen LogP contribution < -0.4 is 4.74 Å². The molecule has 0 spiro atoms. The third kappa shape index (κ3) is 1.91. The van der Waals surface area contributed by atoms with E-state index in [1.165, 1.54) is 0 Å². The van der Waals surface area contributed by atoms with Crippen LogP contribution >= 0.6 is 0 Å². The Bertz CT molecular complexity index is 512. The van der Waals surface area contributed by atoms with E-state index >= 15 is 0 Å². The first-order valence-corrected chi connectivity index (χ1v) is 4.77. The fourth-order valence-electron chi connectivity index (χ4n) is 1.44. The summed E-state index contributed by atoms with van der Waals surface area (Å²) in [5, 5.41) is 0. The highest BCUT2D eigenvalue weighted by molar-refractivity contribution is 5.72. The van der Waals surface area contributed by atoms with Crippen molar-refractivity contribution in [1.82, 2.24) is 9.97 Å². The maximum atomic E-state index is 10.6. The third-order valence-electron chi connectivity index (χ3n) is 2.16. The molecular formula is C12H10N2O2. The van der Waals surface area contributed by atoms with Gasteiger partial charge in [-0.25, -0.2) is 9.97 Å². The van der Waals surface area contributed by atoms with E-state index in [9.17, 15) is 4.79 Å². The number of hydrogen-bond acceptors (Lipinski definition) is 4. The highest BCUT2D eigenvalue weighted by atomic mass is 16.5. The largest absolute Gasteiger partial charge is 0.496 e.